The van der Waals surface area contributed by atoms with Crippen molar-refractivity contribution in [2.45, 2.75) is 32.1 Å². The Morgan fingerprint density at radius 3 is 2.48 bits per heavy atom. The maximum atomic E-state index is 12.7. The summed E-state index contributed by atoms with van der Waals surface area (Å²) in [6, 6.07) is 6.07. The SMILES string of the molecule is CCn1ccc(C(=O)N2CCN(C)[C@@H](C(=O)NCCc3ccc(C(F)(F)F)cc3)C2)n1. The maximum absolute atomic E-state index is 12.7. The minimum Gasteiger partial charge on any atom is -0.354 e. The monoisotopic (exact) mass is 437 g/mol. The Hall–Kier alpha value is -2.88. The van der Waals surface area contributed by atoms with E-state index in [0.717, 1.165) is 12.1 Å². The Bertz CT molecular complexity index is 910. The number of hydrogen-bond acceptors (Lipinski definition) is 4. The number of nitrogens with zero attached hydrogens (tertiary/aromatic N) is 4. The molecule has 0 unspecified atom stereocenters. The number of piperazine rings is 1. The topological polar surface area (TPSA) is 70.5 Å². The smallest absolute Gasteiger partial charge is 0.354 e. The van der Waals surface area contributed by atoms with Gasteiger partial charge >= 0.3 is 6.18 Å². The summed E-state index contributed by atoms with van der Waals surface area (Å²) in [5.74, 6) is -0.422. The molecule has 0 spiro atoms. The molecule has 0 saturated carbocycles. The highest BCUT2D eigenvalue weighted by Gasteiger charge is 2.33. The zero-order valence-electron chi connectivity index (χ0n) is 17.5. The number of benzene rings is 1. The molecule has 168 valence electrons. The highest BCUT2D eigenvalue weighted by Crippen LogP contribution is 2.29. The van der Waals surface area contributed by atoms with E-state index in [1.165, 1.54) is 12.1 Å². The van der Waals surface area contributed by atoms with Crippen LogP contribution in [0, 0.1) is 0 Å². The van der Waals surface area contributed by atoms with Crippen molar-refractivity contribution < 1.29 is 22.8 Å². The maximum Gasteiger partial charge on any atom is 0.416 e. The van der Waals surface area contributed by atoms with Gasteiger partial charge in [-0.15, -0.1) is 0 Å². The number of likely N-dealkylation sites (N-methyl/N-ethyl adjacent to an activating group) is 1. The van der Waals surface area contributed by atoms with E-state index in [2.05, 4.69) is 10.4 Å². The number of amides is 2. The largest absolute Gasteiger partial charge is 0.416 e. The lowest BCUT2D eigenvalue weighted by Gasteiger charge is -2.38. The van der Waals surface area contributed by atoms with Gasteiger partial charge in [0.15, 0.2) is 0 Å². The number of carbonyl (C=O) groups is 2. The third-order valence-electron chi connectivity index (χ3n) is 5.42. The minimum absolute atomic E-state index is 0.206. The number of alkyl halides is 3. The second kappa shape index (κ2) is 9.51. The van der Waals surface area contributed by atoms with Crippen molar-refractivity contribution in [3.8, 4) is 0 Å². The molecule has 1 aliphatic heterocycles. The molecule has 2 aromatic rings. The number of rotatable bonds is 6. The molecule has 10 heteroatoms. The molecule has 0 bridgehead atoms. The van der Waals surface area contributed by atoms with Crippen LogP contribution in [-0.4, -0.2) is 70.7 Å². The standard InChI is InChI=1S/C21H26F3N5O2/c1-3-29-11-9-17(26-29)20(31)28-13-12-27(2)18(14-28)19(30)25-10-8-15-4-6-16(7-5-15)21(22,23)24/h4-7,9,11,18H,3,8,10,12-14H2,1-2H3,(H,25,30)/t18-/m1/s1. The summed E-state index contributed by atoms with van der Waals surface area (Å²) in [6.07, 6.45) is -2.21. The molecule has 31 heavy (non-hydrogen) atoms. The van der Waals surface area contributed by atoms with Crippen LogP contribution in [0.15, 0.2) is 36.5 Å². The van der Waals surface area contributed by atoms with Crippen molar-refractivity contribution in [3.05, 3.63) is 53.3 Å². The van der Waals surface area contributed by atoms with Crippen molar-refractivity contribution in [2.24, 2.45) is 0 Å². The normalized spacial score (nSPS) is 17.6. The van der Waals surface area contributed by atoms with Gasteiger partial charge in [-0.3, -0.25) is 19.2 Å². The van der Waals surface area contributed by atoms with Crippen molar-refractivity contribution in [1.29, 1.82) is 0 Å². The van der Waals surface area contributed by atoms with Gasteiger partial charge in [-0.25, -0.2) is 0 Å². The lowest BCUT2D eigenvalue weighted by Crippen LogP contribution is -2.58. The molecule has 1 aliphatic rings. The summed E-state index contributed by atoms with van der Waals surface area (Å²) < 4.78 is 39.6. The second-order valence-electron chi connectivity index (χ2n) is 7.54. The Balaban J connectivity index is 1.53. The lowest BCUT2D eigenvalue weighted by molar-refractivity contribution is -0.137. The molecule has 0 aliphatic carbocycles. The number of carbonyl (C=O) groups excluding carboxylic acids is 2. The summed E-state index contributed by atoms with van der Waals surface area (Å²) in [5.41, 5.74) is 0.360. The Labute approximate surface area is 178 Å². The fourth-order valence-electron chi connectivity index (χ4n) is 3.46. The Kier molecular flexibility index (Phi) is 6.99. The fourth-order valence-corrected chi connectivity index (χ4v) is 3.46. The van der Waals surface area contributed by atoms with Crippen LogP contribution >= 0.6 is 0 Å². The van der Waals surface area contributed by atoms with Crippen molar-refractivity contribution in [2.75, 3.05) is 33.2 Å². The van der Waals surface area contributed by atoms with Crippen molar-refractivity contribution in [3.63, 3.8) is 0 Å². The molecule has 1 atom stereocenters. The number of aryl methyl sites for hydroxylation is 1. The first-order chi connectivity index (χ1) is 14.7. The number of halogens is 3. The van der Waals surface area contributed by atoms with Gasteiger partial charge in [0.2, 0.25) is 5.91 Å². The molecule has 7 nitrogen and oxygen atoms in total. The average molecular weight is 437 g/mol. The van der Waals surface area contributed by atoms with E-state index in [4.69, 9.17) is 0 Å². The van der Waals surface area contributed by atoms with E-state index in [1.807, 2.05) is 18.9 Å². The zero-order chi connectivity index (χ0) is 22.6. The number of aromatic nitrogens is 2. The average Bonchev–Trinajstić information content (AvgIpc) is 3.22. The van der Waals surface area contributed by atoms with Crippen LogP contribution in [0.25, 0.3) is 0 Å². The lowest BCUT2D eigenvalue weighted by atomic mass is 10.1. The first-order valence-electron chi connectivity index (χ1n) is 10.2. The molecule has 2 amide bonds. The van der Waals surface area contributed by atoms with Crippen molar-refractivity contribution in [1.82, 2.24) is 24.9 Å². The van der Waals surface area contributed by atoms with Crippen LogP contribution in [0.3, 0.4) is 0 Å². The quantitative estimate of drug-likeness (QED) is 0.751. The van der Waals surface area contributed by atoms with Crippen LogP contribution in [0.5, 0.6) is 0 Å². The fraction of sp³-hybridized carbons (Fsp3) is 0.476. The van der Waals surface area contributed by atoms with Gasteiger partial charge < -0.3 is 10.2 Å². The molecule has 2 heterocycles. The first kappa shape index (κ1) is 22.8. The van der Waals surface area contributed by atoms with Gasteiger partial charge in [-0.05, 0) is 44.2 Å². The first-order valence-corrected chi connectivity index (χ1v) is 10.2. The predicted molar refractivity (Wildman–Crippen MR) is 108 cm³/mol. The summed E-state index contributed by atoms with van der Waals surface area (Å²) in [4.78, 5) is 28.9. The number of hydrogen-bond donors (Lipinski definition) is 1. The summed E-state index contributed by atoms with van der Waals surface area (Å²) in [5, 5.41) is 7.07. The van der Waals surface area contributed by atoms with E-state index in [-0.39, 0.29) is 18.4 Å². The third kappa shape index (κ3) is 5.63. The van der Waals surface area contributed by atoms with Gasteiger partial charge in [0.1, 0.15) is 11.7 Å². The molecule has 1 N–H and O–H groups in total. The summed E-state index contributed by atoms with van der Waals surface area (Å²) >= 11 is 0. The van der Waals surface area contributed by atoms with Crippen molar-refractivity contribution >= 4 is 11.8 Å². The molecular weight excluding hydrogens is 411 g/mol. The molecule has 0 radical (unpaired) electrons. The van der Waals surface area contributed by atoms with E-state index in [1.54, 1.807) is 21.8 Å². The van der Waals surface area contributed by atoms with Gasteiger partial charge in [0.05, 0.1) is 5.56 Å². The highest BCUT2D eigenvalue weighted by molar-refractivity contribution is 5.93. The zero-order valence-corrected chi connectivity index (χ0v) is 17.5. The Morgan fingerprint density at radius 2 is 1.87 bits per heavy atom. The van der Waals surface area contributed by atoms with E-state index >= 15 is 0 Å². The van der Waals surface area contributed by atoms with Gasteiger partial charge in [0.25, 0.3) is 5.91 Å². The predicted octanol–water partition coefficient (Wildman–Crippen LogP) is 2.04. The summed E-state index contributed by atoms with van der Waals surface area (Å²) in [7, 11) is 1.83. The van der Waals surface area contributed by atoms with Gasteiger partial charge in [0, 0.05) is 38.9 Å². The second-order valence-corrected chi connectivity index (χ2v) is 7.54. The molecular formula is C21H26F3N5O2. The third-order valence-corrected chi connectivity index (χ3v) is 5.42. The van der Waals surface area contributed by atoms with E-state index < -0.39 is 17.8 Å². The van der Waals surface area contributed by atoms with Crippen LogP contribution in [0.1, 0.15) is 28.5 Å². The molecule has 1 fully saturated rings. The van der Waals surface area contributed by atoms with Gasteiger partial charge in [-0.1, -0.05) is 12.1 Å². The molecule has 1 saturated heterocycles. The van der Waals surface area contributed by atoms with E-state index in [0.29, 0.717) is 43.9 Å². The number of nitrogens with one attached hydrogen (secondary N) is 1. The van der Waals surface area contributed by atoms with E-state index in [9.17, 15) is 22.8 Å². The van der Waals surface area contributed by atoms with Crippen LogP contribution in [-0.2, 0) is 23.9 Å². The van der Waals surface area contributed by atoms with Crippen LogP contribution < -0.4 is 5.32 Å². The van der Waals surface area contributed by atoms with Crippen LogP contribution in [0.4, 0.5) is 13.2 Å². The molecule has 1 aromatic heterocycles. The molecule has 3 rings (SSSR count). The molecule has 1 aromatic carbocycles. The Morgan fingerprint density at radius 1 is 1.16 bits per heavy atom. The van der Waals surface area contributed by atoms with Gasteiger partial charge in [-0.2, -0.15) is 18.3 Å². The minimum atomic E-state index is -4.36. The summed E-state index contributed by atoms with van der Waals surface area (Å²) in [6.45, 7) is 4.20. The van der Waals surface area contributed by atoms with Crippen LogP contribution in [0.2, 0.25) is 0 Å². The highest BCUT2D eigenvalue weighted by atomic mass is 19.4.